The number of thiocarbonyl (C=S) groups is 1. The second-order valence-electron chi connectivity index (χ2n) is 4.03. The Morgan fingerprint density at radius 3 is 2.81 bits per heavy atom. The Morgan fingerprint density at radius 1 is 1.38 bits per heavy atom. The molecule has 1 aliphatic rings. The Bertz CT molecular complexity index is 398. The first-order chi connectivity index (χ1) is 7.66. The second kappa shape index (κ2) is 5.06. The van der Waals surface area contributed by atoms with Gasteiger partial charge in [-0.25, -0.2) is 0 Å². The van der Waals surface area contributed by atoms with Crippen LogP contribution in [0.5, 0.6) is 0 Å². The maximum absolute atomic E-state index is 5.37. The molecule has 1 aliphatic heterocycles. The molecule has 1 fully saturated rings. The number of benzene rings is 1. The minimum atomic E-state index is 0.841. The highest BCUT2D eigenvalue weighted by Gasteiger charge is 2.14. The minimum Gasteiger partial charge on any atom is -0.339 e. The van der Waals surface area contributed by atoms with Gasteiger partial charge >= 0.3 is 0 Å². The van der Waals surface area contributed by atoms with Crippen molar-refractivity contribution in [3.05, 3.63) is 29.3 Å². The number of thioether (sulfide) groups is 1. The first-order valence-corrected chi connectivity index (χ1v) is 6.94. The van der Waals surface area contributed by atoms with E-state index < -0.39 is 0 Å². The summed E-state index contributed by atoms with van der Waals surface area (Å²) >= 11 is 7.30. The fourth-order valence-corrected chi connectivity index (χ4v) is 2.91. The third-order valence-corrected chi connectivity index (χ3v) is 4.12. The number of aryl methyl sites for hydroxylation is 2. The predicted molar refractivity (Wildman–Crippen MR) is 76.2 cm³/mol. The SMILES string of the molecule is Cc1ccc(NC(=S)N2CCSC2)cc1C. The van der Waals surface area contributed by atoms with Gasteiger partial charge in [-0.15, -0.1) is 11.8 Å². The first-order valence-electron chi connectivity index (χ1n) is 5.38. The van der Waals surface area contributed by atoms with Gasteiger partial charge in [-0.05, 0) is 49.3 Å². The normalized spacial score (nSPS) is 15.2. The molecule has 0 bridgehead atoms. The zero-order chi connectivity index (χ0) is 11.5. The van der Waals surface area contributed by atoms with E-state index in [1.165, 1.54) is 16.9 Å². The molecule has 2 rings (SSSR count). The summed E-state index contributed by atoms with van der Waals surface area (Å²) in [4.78, 5) is 2.20. The van der Waals surface area contributed by atoms with Crippen molar-refractivity contribution in [1.29, 1.82) is 0 Å². The van der Waals surface area contributed by atoms with Crippen LogP contribution in [0.25, 0.3) is 0 Å². The van der Waals surface area contributed by atoms with Crippen molar-refractivity contribution in [2.24, 2.45) is 0 Å². The quantitative estimate of drug-likeness (QED) is 0.773. The van der Waals surface area contributed by atoms with E-state index in [4.69, 9.17) is 12.2 Å². The van der Waals surface area contributed by atoms with E-state index in [2.05, 4.69) is 42.3 Å². The molecule has 0 amide bonds. The van der Waals surface area contributed by atoms with Crippen LogP contribution in [0.3, 0.4) is 0 Å². The van der Waals surface area contributed by atoms with Gasteiger partial charge in [0.25, 0.3) is 0 Å². The fourth-order valence-electron chi connectivity index (χ4n) is 1.60. The Kier molecular flexibility index (Phi) is 3.71. The van der Waals surface area contributed by atoms with Crippen LogP contribution < -0.4 is 5.32 Å². The third kappa shape index (κ3) is 2.68. The molecule has 0 atom stereocenters. The van der Waals surface area contributed by atoms with Gasteiger partial charge in [0.2, 0.25) is 0 Å². The molecule has 1 aromatic carbocycles. The van der Waals surface area contributed by atoms with Crippen molar-refractivity contribution in [3.8, 4) is 0 Å². The highest BCUT2D eigenvalue weighted by Crippen LogP contribution is 2.17. The zero-order valence-corrected chi connectivity index (χ0v) is 11.3. The van der Waals surface area contributed by atoms with Crippen molar-refractivity contribution in [2.45, 2.75) is 13.8 Å². The smallest absolute Gasteiger partial charge is 0.174 e. The lowest BCUT2D eigenvalue weighted by molar-refractivity contribution is 0.552. The number of anilines is 1. The molecular weight excluding hydrogens is 236 g/mol. The topological polar surface area (TPSA) is 15.3 Å². The lowest BCUT2D eigenvalue weighted by Gasteiger charge is -2.19. The van der Waals surface area contributed by atoms with Crippen LogP contribution >= 0.6 is 24.0 Å². The summed E-state index contributed by atoms with van der Waals surface area (Å²) in [6, 6.07) is 6.35. The van der Waals surface area contributed by atoms with Crippen molar-refractivity contribution < 1.29 is 0 Å². The minimum absolute atomic E-state index is 0.841. The summed E-state index contributed by atoms with van der Waals surface area (Å²) in [5.41, 5.74) is 3.70. The average molecular weight is 252 g/mol. The van der Waals surface area contributed by atoms with Gasteiger partial charge in [0, 0.05) is 18.0 Å². The molecule has 1 heterocycles. The number of nitrogens with zero attached hydrogens (tertiary/aromatic N) is 1. The first kappa shape index (κ1) is 11.7. The summed E-state index contributed by atoms with van der Waals surface area (Å²) in [5.74, 6) is 2.19. The summed E-state index contributed by atoms with van der Waals surface area (Å²) < 4.78 is 0. The Morgan fingerprint density at radius 2 is 2.19 bits per heavy atom. The van der Waals surface area contributed by atoms with Gasteiger partial charge in [0.15, 0.2) is 5.11 Å². The fraction of sp³-hybridized carbons (Fsp3) is 0.417. The lowest BCUT2D eigenvalue weighted by atomic mass is 10.1. The van der Waals surface area contributed by atoms with Gasteiger partial charge in [-0.1, -0.05) is 6.07 Å². The van der Waals surface area contributed by atoms with Gasteiger partial charge < -0.3 is 10.2 Å². The van der Waals surface area contributed by atoms with E-state index in [9.17, 15) is 0 Å². The highest BCUT2D eigenvalue weighted by molar-refractivity contribution is 7.99. The van der Waals surface area contributed by atoms with E-state index in [1.807, 2.05) is 11.8 Å². The van der Waals surface area contributed by atoms with Gasteiger partial charge in [-0.3, -0.25) is 0 Å². The summed E-state index contributed by atoms with van der Waals surface area (Å²) in [6.45, 7) is 5.30. The van der Waals surface area contributed by atoms with Crippen molar-refractivity contribution >= 4 is 34.8 Å². The van der Waals surface area contributed by atoms with Gasteiger partial charge in [-0.2, -0.15) is 0 Å². The van der Waals surface area contributed by atoms with Gasteiger partial charge in [0.1, 0.15) is 0 Å². The molecule has 1 aromatic rings. The monoisotopic (exact) mass is 252 g/mol. The van der Waals surface area contributed by atoms with Gasteiger partial charge in [0.05, 0.1) is 5.88 Å². The van der Waals surface area contributed by atoms with E-state index in [1.54, 1.807) is 0 Å². The van der Waals surface area contributed by atoms with E-state index in [0.29, 0.717) is 0 Å². The van der Waals surface area contributed by atoms with E-state index in [0.717, 1.165) is 23.2 Å². The predicted octanol–water partition coefficient (Wildman–Crippen LogP) is 3.01. The third-order valence-electron chi connectivity index (χ3n) is 2.80. The Labute approximate surface area is 106 Å². The van der Waals surface area contributed by atoms with Crippen LogP contribution in [0.15, 0.2) is 18.2 Å². The number of hydrogen-bond donors (Lipinski definition) is 1. The van der Waals surface area contributed by atoms with Crippen LogP contribution in [0.4, 0.5) is 5.69 Å². The number of nitrogens with one attached hydrogen (secondary N) is 1. The molecule has 86 valence electrons. The van der Waals surface area contributed by atoms with Crippen molar-refractivity contribution in [2.75, 3.05) is 23.5 Å². The second-order valence-corrected chi connectivity index (χ2v) is 5.49. The average Bonchev–Trinajstić information content (AvgIpc) is 2.77. The standard InChI is InChI=1S/C12H16N2S2/c1-9-3-4-11(7-10(9)2)13-12(15)14-5-6-16-8-14/h3-4,7H,5-6,8H2,1-2H3,(H,13,15). The van der Waals surface area contributed by atoms with E-state index in [-0.39, 0.29) is 0 Å². The molecular formula is C12H16N2S2. The van der Waals surface area contributed by atoms with Crippen molar-refractivity contribution in [3.63, 3.8) is 0 Å². The zero-order valence-electron chi connectivity index (χ0n) is 9.62. The van der Waals surface area contributed by atoms with E-state index >= 15 is 0 Å². The molecule has 0 aliphatic carbocycles. The molecule has 4 heteroatoms. The van der Waals surface area contributed by atoms with Crippen LogP contribution in [-0.2, 0) is 0 Å². The molecule has 1 N–H and O–H groups in total. The molecule has 2 nitrogen and oxygen atoms in total. The lowest BCUT2D eigenvalue weighted by Crippen LogP contribution is -2.32. The molecule has 0 saturated carbocycles. The molecule has 0 aromatic heterocycles. The van der Waals surface area contributed by atoms with Crippen molar-refractivity contribution in [1.82, 2.24) is 4.90 Å². The maximum atomic E-state index is 5.37. The summed E-state index contributed by atoms with van der Waals surface area (Å²) in [6.07, 6.45) is 0. The molecule has 0 spiro atoms. The van der Waals surface area contributed by atoms with Crippen LogP contribution in [-0.4, -0.2) is 28.2 Å². The molecule has 0 unspecified atom stereocenters. The summed E-state index contributed by atoms with van der Waals surface area (Å²) in [5, 5.41) is 4.14. The number of hydrogen-bond acceptors (Lipinski definition) is 2. The largest absolute Gasteiger partial charge is 0.339 e. The van der Waals surface area contributed by atoms with Crippen LogP contribution in [0.1, 0.15) is 11.1 Å². The van der Waals surface area contributed by atoms with Crippen LogP contribution in [0, 0.1) is 13.8 Å². The Hall–Kier alpha value is -0.740. The Balaban J connectivity index is 2.02. The van der Waals surface area contributed by atoms with Crippen LogP contribution in [0.2, 0.25) is 0 Å². The molecule has 16 heavy (non-hydrogen) atoms. The molecule has 1 saturated heterocycles. The summed E-state index contributed by atoms with van der Waals surface area (Å²) in [7, 11) is 0. The highest BCUT2D eigenvalue weighted by atomic mass is 32.2. The number of rotatable bonds is 1. The maximum Gasteiger partial charge on any atom is 0.174 e. The molecule has 0 radical (unpaired) electrons.